The predicted octanol–water partition coefficient (Wildman–Crippen LogP) is 3.37. The number of aromatic nitrogens is 3. The molecule has 9 nitrogen and oxygen atoms in total. The van der Waals surface area contributed by atoms with E-state index in [2.05, 4.69) is 20.7 Å². The van der Waals surface area contributed by atoms with Gasteiger partial charge in [0.2, 0.25) is 5.91 Å². The lowest BCUT2D eigenvalue weighted by Gasteiger charge is -2.11. The number of hydrogen-bond donors (Lipinski definition) is 2. The number of anilines is 1. The van der Waals surface area contributed by atoms with Crippen LogP contribution in [-0.4, -0.2) is 33.1 Å². The first kappa shape index (κ1) is 22.7. The first-order valence-electron chi connectivity index (χ1n) is 11.3. The fourth-order valence-corrected chi connectivity index (χ4v) is 5.02. The number of carbonyl (C=O) groups is 2. The van der Waals surface area contributed by atoms with Crippen molar-refractivity contribution in [2.45, 2.75) is 32.2 Å². The van der Waals surface area contributed by atoms with E-state index in [-0.39, 0.29) is 36.4 Å². The van der Waals surface area contributed by atoms with Crippen LogP contribution in [0.5, 0.6) is 0 Å². The monoisotopic (exact) mass is 489 g/mol. The minimum atomic E-state index is -0.384. The topological polar surface area (TPSA) is 119 Å². The summed E-state index contributed by atoms with van der Waals surface area (Å²) in [6.07, 6.45) is 2.94. The van der Waals surface area contributed by atoms with Crippen LogP contribution in [0.3, 0.4) is 0 Å². The van der Waals surface area contributed by atoms with Crippen molar-refractivity contribution in [3.8, 4) is 11.5 Å². The number of aryl methyl sites for hydroxylation is 2. The van der Waals surface area contributed by atoms with Gasteiger partial charge in [0.05, 0.1) is 24.4 Å². The molecule has 4 aromatic rings. The Labute approximate surface area is 204 Å². The second-order valence-corrected chi connectivity index (χ2v) is 9.37. The lowest BCUT2D eigenvalue weighted by Crippen LogP contribution is -2.34. The van der Waals surface area contributed by atoms with Crippen LogP contribution in [-0.2, 0) is 17.8 Å². The molecule has 0 fully saturated rings. The number of carbonyl (C=O) groups excluding carboxylic acids is 2. The number of rotatable bonds is 7. The van der Waals surface area contributed by atoms with Crippen molar-refractivity contribution >= 4 is 28.3 Å². The number of benzene rings is 1. The average Bonchev–Trinajstić information content (AvgIpc) is 3.58. The molecule has 0 spiro atoms. The molecule has 178 valence electrons. The summed E-state index contributed by atoms with van der Waals surface area (Å²) in [5, 5.41) is 10.5. The highest BCUT2D eigenvalue weighted by Gasteiger charge is 2.32. The van der Waals surface area contributed by atoms with Crippen molar-refractivity contribution in [2.24, 2.45) is 0 Å². The fraction of sp³-hybridized carbons (Fsp3) is 0.240. The van der Waals surface area contributed by atoms with E-state index >= 15 is 0 Å². The van der Waals surface area contributed by atoms with E-state index in [0.717, 1.165) is 16.9 Å². The summed E-state index contributed by atoms with van der Waals surface area (Å²) < 4.78 is 6.64. The molecule has 3 aromatic heterocycles. The largest absolute Gasteiger partial charge is 0.463 e. The van der Waals surface area contributed by atoms with Gasteiger partial charge in [0.15, 0.2) is 10.9 Å². The summed E-state index contributed by atoms with van der Waals surface area (Å²) in [6.45, 7) is 2.44. The van der Waals surface area contributed by atoms with Crippen LogP contribution in [0.1, 0.15) is 38.8 Å². The molecule has 10 heteroatoms. The second-order valence-electron chi connectivity index (χ2n) is 8.29. The van der Waals surface area contributed by atoms with Crippen LogP contribution in [0.2, 0.25) is 0 Å². The van der Waals surface area contributed by atoms with Gasteiger partial charge in [0, 0.05) is 23.1 Å². The molecule has 35 heavy (non-hydrogen) atoms. The van der Waals surface area contributed by atoms with Gasteiger partial charge < -0.3 is 9.73 Å². The number of nitrogens with one attached hydrogen (secondary N) is 2. The standard InChI is InChI=1S/C25H23N5O4S/c1-15-4-6-16(7-5-15)23(32)28-25-27-22-17(8-10-20(22)35-25)24(33)26-12-13-30-21(31)11-9-18(29-30)19-3-2-14-34-19/h2-7,9,11,14,17H,8,10,12-13H2,1H3,(H,26,33)(H,27,28,32). The van der Waals surface area contributed by atoms with E-state index in [4.69, 9.17) is 4.42 Å². The van der Waals surface area contributed by atoms with E-state index in [1.54, 1.807) is 36.6 Å². The van der Waals surface area contributed by atoms with Gasteiger partial charge in [-0.05, 0) is 50.1 Å². The van der Waals surface area contributed by atoms with Gasteiger partial charge in [-0.15, -0.1) is 11.3 Å². The van der Waals surface area contributed by atoms with Gasteiger partial charge in [-0.2, -0.15) is 5.10 Å². The second kappa shape index (κ2) is 9.67. The number of hydrogen-bond acceptors (Lipinski definition) is 7. The Morgan fingerprint density at radius 2 is 2.00 bits per heavy atom. The maximum absolute atomic E-state index is 12.9. The van der Waals surface area contributed by atoms with E-state index < -0.39 is 0 Å². The number of nitrogens with zero attached hydrogens (tertiary/aromatic N) is 3. The quantitative estimate of drug-likeness (QED) is 0.411. The summed E-state index contributed by atoms with van der Waals surface area (Å²) >= 11 is 1.40. The molecule has 0 saturated heterocycles. The number of furan rings is 1. The third-order valence-electron chi connectivity index (χ3n) is 5.83. The Morgan fingerprint density at radius 3 is 2.77 bits per heavy atom. The van der Waals surface area contributed by atoms with Crippen LogP contribution >= 0.6 is 11.3 Å². The molecule has 2 N–H and O–H groups in total. The summed E-state index contributed by atoms with van der Waals surface area (Å²) in [7, 11) is 0. The van der Waals surface area contributed by atoms with Crippen LogP contribution < -0.4 is 16.2 Å². The molecule has 1 aliphatic carbocycles. The third-order valence-corrected chi connectivity index (χ3v) is 6.88. The van der Waals surface area contributed by atoms with E-state index in [1.807, 2.05) is 19.1 Å². The zero-order valence-corrected chi connectivity index (χ0v) is 19.8. The molecule has 1 atom stereocenters. The predicted molar refractivity (Wildman–Crippen MR) is 132 cm³/mol. The Kier molecular flexibility index (Phi) is 6.28. The van der Waals surface area contributed by atoms with Crippen LogP contribution in [0.15, 0.2) is 64.0 Å². The SMILES string of the molecule is Cc1ccc(C(=O)Nc2nc3c(s2)CCC3C(=O)NCCn2nc(-c3ccco3)ccc2=O)cc1. The van der Waals surface area contributed by atoms with Crippen molar-refractivity contribution in [3.05, 3.63) is 86.8 Å². The molecule has 1 aromatic carbocycles. The highest BCUT2D eigenvalue weighted by molar-refractivity contribution is 7.16. The summed E-state index contributed by atoms with van der Waals surface area (Å²) in [5.74, 6) is -0.200. The van der Waals surface area contributed by atoms with E-state index in [0.29, 0.717) is 34.3 Å². The maximum Gasteiger partial charge on any atom is 0.266 e. The fourth-order valence-electron chi connectivity index (χ4n) is 3.98. The molecule has 0 bridgehead atoms. The highest BCUT2D eigenvalue weighted by Crippen LogP contribution is 2.38. The third kappa shape index (κ3) is 4.92. The Bertz CT molecular complexity index is 1420. The van der Waals surface area contributed by atoms with Gasteiger partial charge in [-0.3, -0.25) is 19.7 Å². The highest BCUT2D eigenvalue weighted by atomic mass is 32.1. The van der Waals surface area contributed by atoms with Crippen LogP contribution in [0, 0.1) is 6.92 Å². The Morgan fingerprint density at radius 1 is 1.17 bits per heavy atom. The number of fused-ring (bicyclic) bond motifs is 1. The van der Waals surface area contributed by atoms with Gasteiger partial charge in [0.25, 0.3) is 11.5 Å². The molecule has 0 saturated carbocycles. The molecule has 2 amide bonds. The molecule has 0 radical (unpaired) electrons. The zero-order valence-electron chi connectivity index (χ0n) is 19.0. The van der Waals surface area contributed by atoms with Crippen molar-refractivity contribution in [1.29, 1.82) is 0 Å². The lowest BCUT2D eigenvalue weighted by molar-refractivity contribution is -0.122. The smallest absolute Gasteiger partial charge is 0.266 e. The molecular weight excluding hydrogens is 466 g/mol. The average molecular weight is 490 g/mol. The summed E-state index contributed by atoms with van der Waals surface area (Å²) in [6, 6.07) is 13.9. The minimum Gasteiger partial charge on any atom is -0.463 e. The Balaban J connectivity index is 1.20. The van der Waals surface area contributed by atoms with Gasteiger partial charge in [-0.1, -0.05) is 17.7 Å². The summed E-state index contributed by atoms with van der Waals surface area (Å²) in [4.78, 5) is 43.1. The molecule has 1 aliphatic rings. The van der Waals surface area contributed by atoms with Crippen molar-refractivity contribution < 1.29 is 14.0 Å². The molecule has 5 rings (SSSR count). The van der Waals surface area contributed by atoms with Gasteiger partial charge in [-0.25, -0.2) is 9.67 Å². The lowest BCUT2D eigenvalue weighted by atomic mass is 10.1. The van der Waals surface area contributed by atoms with Gasteiger partial charge in [0.1, 0.15) is 5.69 Å². The van der Waals surface area contributed by atoms with Crippen LogP contribution in [0.25, 0.3) is 11.5 Å². The van der Waals surface area contributed by atoms with Gasteiger partial charge >= 0.3 is 0 Å². The molecule has 0 aliphatic heterocycles. The number of amides is 2. The van der Waals surface area contributed by atoms with Crippen molar-refractivity contribution in [1.82, 2.24) is 20.1 Å². The zero-order chi connectivity index (χ0) is 24.4. The summed E-state index contributed by atoms with van der Waals surface area (Å²) in [5.41, 5.74) is 2.63. The Hall–Kier alpha value is -4.05. The first-order chi connectivity index (χ1) is 17.0. The molecule has 1 unspecified atom stereocenters. The van der Waals surface area contributed by atoms with E-state index in [1.165, 1.54) is 22.1 Å². The molecular formula is C25H23N5O4S. The first-order valence-corrected chi connectivity index (χ1v) is 12.1. The van der Waals surface area contributed by atoms with Crippen LogP contribution in [0.4, 0.5) is 5.13 Å². The normalized spacial score (nSPS) is 14.5. The minimum absolute atomic E-state index is 0.152. The maximum atomic E-state index is 12.9. The molecule has 3 heterocycles. The van der Waals surface area contributed by atoms with E-state index in [9.17, 15) is 14.4 Å². The van der Waals surface area contributed by atoms with Crippen molar-refractivity contribution in [2.75, 3.05) is 11.9 Å². The number of thiazole rings is 1. The van der Waals surface area contributed by atoms with Crippen molar-refractivity contribution in [3.63, 3.8) is 0 Å².